The summed E-state index contributed by atoms with van der Waals surface area (Å²) in [7, 11) is 4.00. The molecule has 0 aliphatic heterocycles. The number of benzene rings is 1. The molecular formula is C11H17FN2. The molecule has 3 heteroatoms. The molecule has 78 valence electrons. The van der Waals surface area contributed by atoms with Crippen molar-refractivity contribution in [1.82, 2.24) is 4.90 Å². The number of hydrogen-bond acceptors (Lipinski definition) is 2. The summed E-state index contributed by atoms with van der Waals surface area (Å²) < 4.78 is 12.6. The molecule has 0 spiro atoms. The van der Waals surface area contributed by atoms with E-state index in [9.17, 15) is 4.39 Å². The van der Waals surface area contributed by atoms with E-state index in [4.69, 9.17) is 5.73 Å². The zero-order chi connectivity index (χ0) is 10.6. The third-order valence-electron chi connectivity index (χ3n) is 2.39. The first kappa shape index (κ1) is 11.1. The Kier molecular flexibility index (Phi) is 4.04. The van der Waals surface area contributed by atoms with Gasteiger partial charge < -0.3 is 10.6 Å². The average molecular weight is 196 g/mol. The molecule has 0 heterocycles. The molecule has 0 fully saturated rings. The topological polar surface area (TPSA) is 29.3 Å². The highest BCUT2D eigenvalue weighted by molar-refractivity contribution is 5.17. The lowest BCUT2D eigenvalue weighted by atomic mass is 10.1. The van der Waals surface area contributed by atoms with Crippen LogP contribution in [0, 0.1) is 5.82 Å². The van der Waals surface area contributed by atoms with E-state index in [-0.39, 0.29) is 5.82 Å². The van der Waals surface area contributed by atoms with Gasteiger partial charge >= 0.3 is 0 Å². The number of nitrogens with zero attached hydrogens (tertiary/aromatic N) is 1. The van der Waals surface area contributed by atoms with Crippen molar-refractivity contribution in [3.05, 3.63) is 35.6 Å². The third kappa shape index (κ3) is 3.09. The van der Waals surface area contributed by atoms with Crippen LogP contribution in [0.4, 0.5) is 4.39 Å². The van der Waals surface area contributed by atoms with Crippen LogP contribution in [-0.2, 0) is 6.42 Å². The van der Waals surface area contributed by atoms with Gasteiger partial charge in [0.25, 0.3) is 0 Å². The Morgan fingerprint density at radius 2 is 1.86 bits per heavy atom. The Balaban J connectivity index is 2.63. The van der Waals surface area contributed by atoms with Gasteiger partial charge in [0.1, 0.15) is 5.82 Å². The molecule has 1 atom stereocenters. The molecule has 2 N–H and O–H groups in total. The van der Waals surface area contributed by atoms with Gasteiger partial charge in [0, 0.05) is 12.6 Å². The maximum absolute atomic E-state index is 12.6. The van der Waals surface area contributed by atoms with Gasteiger partial charge in [-0.3, -0.25) is 0 Å². The van der Waals surface area contributed by atoms with Crippen molar-refractivity contribution in [3.63, 3.8) is 0 Å². The van der Waals surface area contributed by atoms with Crippen LogP contribution in [0.25, 0.3) is 0 Å². The molecule has 2 nitrogen and oxygen atoms in total. The molecule has 0 bridgehead atoms. The number of likely N-dealkylation sites (N-methyl/N-ethyl adjacent to an activating group) is 1. The SMILES string of the molecule is CN(C)C(CN)Cc1ccc(F)cc1. The molecule has 0 radical (unpaired) electrons. The molecule has 0 amide bonds. The monoisotopic (exact) mass is 196 g/mol. The second kappa shape index (κ2) is 5.08. The van der Waals surface area contributed by atoms with Crippen molar-refractivity contribution < 1.29 is 4.39 Å². The maximum atomic E-state index is 12.6. The van der Waals surface area contributed by atoms with E-state index >= 15 is 0 Å². The molecule has 1 rings (SSSR count). The number of hydrogen-bond donors (Lipinski definition) is 1. The predicted octanol–water partition coefficient (Wildman–Crippen LogP) is 1.26. The fraction of sp³-hybridized carbons (Fsp3) is 0.455. The number of halogens is 1. The largest absolute Gasteiger partial charge is 0.329 e. The van der Waals surface area contributed by atoms with Crippen molar-refractivity contribution in [2.75, 3.05) is 20.6 Å². The van der Waals surface area contributed by atoms with Gasteiger partial charge in [0.05, 0.1) is 0 Å². The summed E-state index contributed by atoms with van der Waals surface area (Å²) in [5, 5.41) is 0. The standard InChI is InChI=1S/C11H17FN2/c1-14(2)11(8-13)7-9-3-5-10(12)6-4-9/h3-6,11H,7-8,13H2,1-2H3. The average Bonchev–Trinajstić information content (AvgIpc) is 2.16. The maximum Gasteiger partial charge on any atom is 0.123 e. The third-order valence-corrected chi connectivity index (χ3v) is 2.39. The summed E-state index contributed by atoms with van der Waals surface area (Å²) in [5.74, 6) is -0.192. The van der Waals surface area contributed by atoms with Gasteiger partial charge in [-0.15, -0.1) is 0 Å². The highest BCUT2D eigenvalue weighted by atomic mass is 19.1. The molecule has 14 heavy (non-hydrogen) atoms. The fourth-order valence-electron chi connectivity index (χ4n) is 1.37. The minimum absolute atomic E-state index is 0.192. The van der Waals surface area contributed by atoms with Crippen LogP contribution < -0.4 is 5.73 Å². The van der Waals surface area contributed by atoms with E-state index in [1.807, 2.05) is 26.2 Å². The van der Waals surface area contributed by atoms with Crippen molar-refractivity contribution in [1.29, 1.82) is 0 Å². The Hall–Kier alpha value is -0.930. The molecule has 0 aliphatic carbocycles. The summed E-state index contributed by atoms with van der Waals surface area (Å²) in [6.45, 7) is 0.615. The Bertz CT molecular complexity index is 269. The quantitative estimate of drug-likeness (QED) is 0.785. The van der Waals surface area contributed by atoms with Crippen LogP contribution in [-0.4, -0.2) is 31.6 Å². The lowest BCUT2D eigenvalue weighted by Crippen LogP contribution is -2.36. The summed E-state index contributed by atoms with van der Waals surface area (Å²) in [5.41, 5.74) is 6.76. The highest BCUT2D eigenvalue weighted by Crippen LogP contribution is 2.07. The summed E-state index contributed by atoms with van der Waals surface area (Å²) >= 11 is 0. The summed E-state index contributed by atoms with van der Waals surface area (Å²) in [4.78, 5) is 2.09. The van der Waals surface area contributed by atoms with Crippen molar-refractivity contribution >= 4 is 0 Å². The molecule has 1 unspecified atom stereocenters. The van der Waals surface area contributed by atoms with Crippen LogP contribution in [0.5, 0.6) is 0 Å². The number of nitrogens with two attached hydrogens (primary N) is 1. The Labute approximate surface area is 84.5 Å². The van der Waals surface area contributed by atoms with E-state index < -0.39 is 0 Å². The molecule has 0 saturated heterocycles. The normalized spacial score (nSPS) is 13.2. The lowest BCUT2D eigenvalue weighted by molar-refractivity contribution is 0.298. The van der Waals surface area contributed by atoms with Crippen LogP contribution in [0.1, 0.15) is 5.56 Å². The minimum Gasteiger partial charge on any atom is -0.329 e. The second-order valence-corrected chi connectivity index (χ2v) is 3.68. The smallest absolute Gasteiger partial charge is 0.123 e. The Morgan fingerprint density at radius 1 is 1.29 bits per heavy atom. The second-order valence-electron chi connectivity index (χ2n) is 3.68. The molecule has 0 saturated carbocycles. The van der Waals surface area contributed by atoms with Crippen LogP contribution in [0.15, 0.2) is 24.3 Å². The van der Waals surface area contributed by atoms with Crippen LogP contribution in [0.3, 0.4) is 0 Å². The Morgan fingerprint density at radius 3 is 2.29 bits per heavy atom. The molecule has 0 aliphatic rings. The fourth-order valence-corrected chi connectivity index (χ4v) is 1.37. The van der Waals surface area contributed by atoms with Gasteiger partial charge in [-0.2, -0.15) is 0 Å². The zero-order valence-corrected chi connectivity index (χ0v) is 8.70. The van der Waals surface area contributed by atoms with Crippen molar-refractivity contribution in [3.8, 4) is 0 Å². The first-order valence-electron chi connectivity index (χ1n) is 4.74. The summed E-state index contributed by atoms with van der Waals surface area (Å²) in [6.07, 6.45) is 0.865. The predicted molar refractivity (Wildman–Crippen MR) is 56.6 cm³/mol. The molecule has 1 aromatic carbocycles. The van der Waals surface area contributed by atoms with Crippen molar-refractivity contribution in [2.45, 2.75) is 12.5 Å². The van der Waals surface area contributed by atoms with Gasteiger partial charge in [0.15, 0.2) is 0 Å². The van der Waals surface area contributed by atoms with Gasteiger partial charge in [-0.25, -0.2) is 4.39 Å². The molecular weight excluding hydrogens is 179 g/mol. The first-order valence-corrected chi connectivity index (χ1v) is 4.74. The van der Waals surface area contributed by atoms with E-state index in [2.05, 4.69) is 4.90 Å². The van der Waals surface area contributed by atoms with E-state index in [0.29, 0.717) is 12.6 Å². The van der Waals surface area contributed by atoms with Gasteiger partial charge in [0.2, 0.25) is 0 Å². The minimum atomic E-state index is -0.192. The molecule has 1 aromatic rings. The highest BCUT2D eigenvalue weighted by Gasteiger charge is 2.09. The molecule has 0 aromatic heterocycles. The summed E-state index contributed by atoms with van der Waals surface area (Å²) in [6, 6.07) is 6.90. The van der Waals surface area contributed by atoms with Crippen molar-refractivity contribution in [2.24, 2.45) is 5.73 Å². The van der Waals surface area contributed by atoms with E-state index in [0.717, 1.165) is 12.0 Å². The van der Waals surface area contributed by atoms with Crippen LogP contribution in [0.2, 0.25) is 0 Å². The van der Waals surface area contributed by atoms with Gasteiger partial charge in [-0.1, -0.05) is 12.1 Å². The van der Waals surface area contributed by atoms with E-state index in [1.54, 1.807) is 0 Å². The zero-order valence-electron chi connectivity index (χ0n) is 8.70. The van der Waals surface area contributed by atoms with E-state index in [1.165, 1.54) is 12.1 Å². The number of rotatable bonds is 4. The van der Waals surface area contributed by atoms with Crippen LogP contribution >= 0.6 is 0 Å². The van der Waals surface area contributed by atoms with Gasteiger partial charge in [-0.05, 0) is 38.2 Å². The lowest BCUT2D eigenvalue weighted by Gasteiger charge is -2.22. The first-order chi connectivity index (χ1) is 6.63.